The summed E-state index contributed by atoms with van der Waals surface area (Å²) in [6.45, 7) is 7.57. The van der Waals surface area contributed by atoms with Crippen molar-refractivity contribution in [3.05, 3.63) is 69.6 Å². The van der Waals surface area contributed by atoms with Gasteiger partial charge in [0, 0.05) is 5.56 Å². The van der Waals surface area contributed by atoms with Gasteiger partial charge in [0.2, 0.25) is 0 Å². The second-order valence-corrected chi connectivity index (χ2v) is 8.23. The maximum Gasteiger partial charge on any atom is 0.262 e. The third-order valence-electron chi connectivity index (χ3n) is 4.33. The summed E-state index contributed by atoms with van der Waals surface area (Å²) < 4.78 is 24.9. The minimum Gasteiger partial charge on any atom is -0.493 e. The summed E-state index contributed by atoms with van der Waals surface area (Å²) in [6, 6.07) is 7.82. The molecule has 2 rings (SSSR count). The quantitative estimate of drug-likeness (QED) is 0.202. The van der Waals surface area contributed by atoms with Crippen molar-refractivity contribution < 1.29 is 23.5 Å². The zero-order chi connectivity index (χ0) is 23.7. The largest absolute Gasteiger partial charge is 0.493 e. The van der Waals surface area contributed by atoms with Crippen molar-refractivity contribution in [2.75, 3.05) is 13.7 Å². The second-order valence-electron chi connectivity index (χ2n) is 7.07. The van der Waals surface area contributed by atoms with E-state index in [4.69, 9.17) is 9.47 Å². The molecule has 2 N–H and O–H groups in total. The van der Waals surface area contributed by atoms with Gasteiger partial charge >= 0.3 is 0 Å². The summed E-state index contributed by atoms with van der Waals surface area (Å²) in [7, 11) is 1.53. The molecule has 170 valence electrons. The first-order valence-corrected chi connectivity index (χ1v) is 10.8. The molecule has 2 aromatic carbocycles. The Hall–Kier alpha value is -2.95. The number of ether oxygens (including phenoxy) is 2. The molecule has 0 aliphatic heterocycles. The van der Waals surface area contributed by atoms with Crippen molar-refractivity contribution in [2.24, 2.45) is 11.0 Å². The van der Waals surface area contributed by atoms with Crippen LogP contribution in [0.25, 0.3) is 0 Å². The zero-order valence-electron chi connectivity index (χ0n) is 18.0. The summed E-state index contributed by atoms with van der Waals surface area (Å²) in [4.78, 5) is 25.0. The number of nitrogens with one attached hydrogen (secondary N) is 2. The Balaban J connectivity index is 2.07. The Morgan fingerprint density at radius 3 is 2.53 bits per heavy atom. The van der Waals surface area contributed by atoms with Crippen LogP contribution < -0.4 is 20.2 Å². The van der Waals surface area contributed by atoms with Crippen LogP contribution in [0.4, 0.5) is 4.39 Å². The molecule has 0 aliphatic rings. The minimum atomic E-state index is -0.825. The monoisotopic (exact) mass is 553 g/mol. The first-order valence-electron chi connectivity index (χ1n) is 9.77. The molecule has 2 amide bonds. The summed E-state index contributed by atoms with van der Waals surface area (Å²) in [5.41, 5.74) is 3.40. The van der Waals surface area contributed by atoms with Gasteiger partial charge in [-0.3, -0.25) is 9.59 Å². The number of nitrogens with zero attached hydrogens (tertiary/aromatic N) is 1. The van der Waals surface area contributed by atoms with Gasteiger partial charge in [-0.15, -0.1) is 0 Å². The third-order valence-corrected chi connectivity index (χ3v) is 5.13. The highest BCUT2D eigenvalue weighted by atomic mass is 127. The van der Waals surface area contributed by atoms with E-state index in [9.17, 15) is 14.0 Å². The Kier molecular flexibility index (Phi) is 9.63. The van der Waals surface area contributed by atoms with Crippen LogP contribution in [0, 0.1) is 15.3 Å². The highest BCUT2D eigenvalue weighted by Crippen LogP contribution is 2.33. The number of benzene rings is 2. The standard InChI is InChI=1S/C23H25FIN3O4/c1-5-10-32-21-18(25)11-15(12-19(21)31-4)13-26-28-23(30)20(14(2)3)27-22(29)16-6-8-17(24)9-7-16/h5-9,11-14,20H,1,10H2,2-4H3,(H,27,29)(H,28,30). The van der Waals surface area contributed by atoms with Crippen LogP contribution in [0.3, 0.4) is 0 Å². The Labute approximate surface area is 200 Å². The lowest BCUT2D eigenvalue weighted by atomic mass is 10.0. The van der Waals surface area contributed by atoms with Crippen LogP contribution in [0.5, 0.6) is 11.5 Å². The molecule has 0 heterocycles. The molecule has 0 fully saturated rings. The molecule has 1 atom stereocenters. The van der Waals surface area contributed by atoms with Gasteiger partial charge in [-0.25, -0.2) is 9.82 Å². The molecule has 1 unspecified atom stereocenters. The molecule has 0 aliphatic carbocycles. The van der Waals surface area contributed by atoms with Gasteiger partial charge in [0.1, 0.15) is 18.5 Å². The van der Waals surface area contributed by atoms with E-state index < -0.39 is 23.7 Å². The van der Waals surface area contributed by atoms with Crippen LogP contribution in [-0.4, -0.2) is 37.8 Å². The Morgan fingerprint density at radius 2 is 1.94 bits per heavy atom. The number of hydrogen-bond donors (Lipinski definition) is 2. The molecule has 0 spiro atoms. The highest BCUT2D eigenvalue weighted by molar-refractivity contribution is 14.1. The highest BCUT2D eigenvalue weighted by Gasteiger charge is 2.24. The van der Waals surface area contributed by atoms with E-state index in [2.05, 4.69) is 45.0 Å². The molecule has 0 radical (unpaired) electrons. The minimum absolute atomic E-state index is 0.197. The van der Waals surface area contributed by atoms with Gasteiger partial charge in [-0.1, -0.05) is 26.5 Å². The number of hydrazone groups is 1. The van der Waals surface area contributed by atoms with Crippen LogP contribution >= 0.6 is 22.6 Å². The van der Waals surface area contributed by atoms with Crippen molar-refractivity contribution >= 4 is 40.6 Å². The fraction of sp³-hybridized carbons (Fsp3) is 0.261. The van der Waals surface area contributed by atoms with Gasteiger partial charge in [0.15, 0.2) is 11.5 Å². The van der Waals surface area contributed by atoms with Crippen LogP contribution in [-0.2, 0) is 4.79 Å². The fourth-order valence-electron chi connectivity index (χ4n) is 2.70. The van der Waals surface area contributed by atoms with E-state index in [1.165, 1.54) is 37.6 Å². The molecule has 0 saturated heterocycles. The summed E-state index contributed by atoms with van der Waals surface area (Å²) >= 11 is 2.12. The second kappa shape index (κ2) is 12.2. The number of methoxy groups -OCH3 is 1. The van der Waals surface area contributed by atoms with Crippen LogP contribution in [0.2, 0.25) is 0 Å². The van der Waals surface area contributed by atoms with E-state index in [1.807, 2.05) is 6.07 Å². The topological polar surface area (TPSA) is 89.0 Å². The molecule has 32 heavy (non-hydrogen) atoms. The molecule has 7 nitrogen and oxygen atoms in total. The van der Waals surface area contributed by atoms with Crippen molar-refractivity contribution in [3.8, 4) is 11.5 Å². The van der Waals surface area contributed by atoms with Crippen molar-refractivity contribution in [1.29, 1.82) is 0 Å². The average Bonchev–Trinajstić information content (AvgIpc) is 2.76. The molecule has 0 aromatic heterocycles. The molecule has 9 heteroatoms. The number of hydrogen-bond acceptors (Lipinski definition) is 5. The van der Waals surface area contributed by atoms with Crippen LogP contribution in [0.1, 0.15) is 29.8 Å². The summed E-state index contributed by atoms with van der Waals surface area (Å²) in [6.07, 6.45) is 3.11. The van der Waals surface area contributed by atoms with Gasteiger partial charge in [0.25, 0.3) is 11.8 Å². The van der Waals surface area contributed by atoms with E-state index >= 15 is 0 Å². The Bertz CT molecular complexity index is 993. The van der Waals surface area contributed by atoms with Gasteiger partial charge in [-0.2, -0.15) is 5.10 Å². The zero-order valence-corrected chi connectivity index (χ0v) is 20.2. The molecular weight excluding hydrogens is 528 g/mol. The van der Waals surface area contributed by atoms with Crippen LogP contribution in [0.15, 0.2) is 54.2 Å². The summed E-state index contributed by atoms with van der Waals surface area (Å²) in [5.74, 6) is -0.468. The lowest BCUT2D eigenvalue weighted by molar-refractivity contribution is -0.123. The lowest BCUT2D eigenvalue weighted by Gasteiger charge is -2.20. The van der Waals surface area contributed by atoms with Gasteiger partial charge < -0.3 is 14.8 Å². The molecular formula is C23H25FIN3O4. The SMILES string of the molecule is C=CCOc1c(I)cc(C=NNC(=O)C(NC(=O)c2ccc(F)cc2)C(C)C)cc1OC. The van der Waals surface area contributed by atoms with Crippen molar-refractivity contribution in [1.82, 2.24) is 10.7 Å². The van der Waals surface area contributed by atoms with Crippen molar-refractivity contribution in [3.63, 3.8) is 0 Å². The number of halogens is 2. The van der Waals surface area contributed by atoms with Crippen molar-refractivity contribution in [2.45, 2.75) is 19.9 Å². The number of carbonyl (C=O) groups excluding carboxylic acids is 2. The van der Waals surface area contributed by atoms with E-state index in [0.717, 1.165) is 3.57 Å². The van der Waals surface area contributed by atoms with E-state index in [-0.39, 0.29) is 11.5 Å². The fourth-order valence-corrected chi connectivity index (χ4v) is 3.48. The molecule has 0 bridgehead atoms. The van der Waals surface area contributed by atoms with E-state index in [0.29, 0.717) is 23.7 Å². The average molecular weight is 553 g/mol. The van der Waals surface area contributed by atoms with Gasteiger partial charge in [0.05, 0.1) is 16.9 Å². The smallest absolute Gasteiger partial charge is 0.262 e. The Morgan fingerprint density at radius 1 is 1.25 bits per heavy atom. The predicted molar refractivity (Wildman–Crippen MR) is 130 cm³/mol. The van der Waals surface area contributed by atoms with Gasteiger partial charge in [-0.05, 0) is 70.5 Å². The maximum absolute atomic E-state index is 13.1. The number of carbonyl (C=O) groups is 2. The molecule has 2 aromatic rings. The third kappa shape index (κ3) is 7.04. The maximum atomic E-state index is 13.1. The van der Waals surface area contributed by atoms with E-state index in [1.54, 1.807) is 26.0 Å². The first kappa shape index (κ1) is 25.3. The summed E-state index contributed by atoms with van der Waals surface area (Å²) in [5, 5.41) is 6.67. The lowest BCUT2D eigenvalue weighted by Crippen LogP contribution is -2.48. The first-order chi connectivity index (χ1) is 15.3. The molecule has 0 saturated carbocycles. The normalized spacial score (nSPS) is 11.8. The number of rotatable bonds is 10. The predicted octanol–water partition coefficient (Wildman–Crippen LogP) is 3.91. The number of amides is 2.